The first-order valence-electron chi connectivity index (χ1n) is 7.31. The molecule has 0 aliphatic heterocycles. The number of hydrogen-bond donors (Lipinski definition) is 2. The lowest BCUT2D eigenvalue weighted by Crippen LogP contribution is -2.16. The van der Waals surface area contributed by atoms with E-state index in [9.17, 15) is 14.0 Å². The Morgan fingerprint density at radius 1 is 1.24 bits per heavy atom. The first kappa shape index (κ1) is 16.3. The number of nitrogens with zero attached hydrogens (tertiary/aromatic N) is 3. The molecule has 7 nitrogen and oxygen atoms in total. The van der Waals surface area contributed by atoms with Gasteiger partial charge in [-0.2, -0.15) is 0 Å². The van der Waals surface area contributed by atoms with Crippen molar-refractivity contribution in [2.75, 3.05) is 5.32 Å². The first-order valence-corrected chi connectivity index (χ1v) is 7.31. The van der Waals surface area contributed by atoms with E-state index >= 15 is 0 Å². The Morgan fingerprint density at radius 2 is 2.04 bits per heavy atom. The fourth-order valence-electron chi connectivity index (χ4n) is 2.21. The molecule has 0 unspecified atom stereocenters. The molecular formula is C17H14FN5O2. The fraction of sp³-hybridized carbons (Fsp3) is 0.0588. The fourth-order valence-corrected chi connectivity index (χ4v) is 2.21. The number of hydrogen-bond acceptors (Lipinski definition) is 4. The molecule has 8 heteroatoms. The maximum Gasteiger partial charge on any atom is 0.257 e. The van der Waals surface area contributed by atoms with Crippen molar-refractivity contribution in [3.8, 4) is 5.82 Å². The summed E-state index contributed by atoms with van der Waals surface area (Å²) in [5, 5.41) is 2.57. The Labute approximate surface area is 142 Å². The van der Waals surface area contributed by atoms with Crippen molar-refractivity contribution < 1.29 is 14.0 Å². The quantitative estimate of drug-likeness (QED) is 0.759. The highest BCUT2D eigenvalue weighted by Gasteiger charge is 2.14. The Bertz CT molecular complexity index is 936. The number of carbonyl (C=O) groups excluding carboxylic acids is 2. The largest absolute Gasteiger partial charge is 0.366 e. The number of nitrogens with one attached hydrogen (secondary N) is 1. The molecule has 3 aromatic rings. The summed E-state index contributed by atoms with van der Waals surface area (Å²) in [6, 6.07) is 5.62. The van der Waals surface area contributed by atoms with Crippen molar-refractivity contribution in [3.63, 3.8) is 0 Å². The Balaban J connectivity index is 1.84. The van der Waals surface area contributed by atoms with Crippen LogP contribution in [0.1, 0.15) is 26.3 Å². The maximum atomic E-state index is 13.9. The van der Waals surface area contributed by atoms with E-state index in [0.717, 1.165) is 6.07 Å². The lowest BCUT2D eigenvalue weighted by atomic mass is 10.1. The predicted molar refractivity (Wildman–Crippen MR) is 89.0 cm³/mol. The molecule has 3 rings (SSSR count). The summed E-state index contributed by atoms with van der Waals surface area (Å²) in [5.41, 5.74) is 5.82. The van der Waals surface area contributed by atoms with Crippen molar-refractivity contribution in [2.24, 2.45) is 5.73 Å². The maximum absolute atomic E-state index is 13.9. The molecule has 0 bridgehead atoms. The van der Waals surface area contributed by atoms with Crippen molar-refractivity contribution in [3.05, 3.63) is 71.7 Å². The first-order chi connectivity index (χ1) is 12.0. The highest BCUT2D eigenvalue weighted by molar-refractivity contribution is 6.05. The molecule has 0 saturated carbocycles. The number of halogens is 1. The second kappa shape index (κ2) is 6.52. The Morgan fingerprint density at radius 3 is 2.64 bits per heavy atom. The van der Waals surface area contributed by atoms with E-state index < -0.39 is 17.6 Å². The average molecular weight is 339 g/mol. The van der Waals surface area contributed by atoms with E-state index in [4.69, 9.17) is 5.73 Å². The molecule has 0 aliphatic carbocycles. The van der Waals surface area contributed by atoms with Crippen LogP contribution in [-0.2, 0) is 0 Å². The second-order valence-electron chi connectivity index (χ2n) is 5.32. The van der Waals surface area contributed by atoms with E-state index in [1.165, 1.54) is 19.2 Å². The van der Waals surface area contributed by atoms with Gasteiger partial charge in [0, 0.05) is 35.4 Å². The highest BCUT2D eigenvalue weighted by atomic mass is 19.1. The van der Waals surface area contributed by atoms with Crippen LogP contribution in [0, 0.1) is 12.7 Å². The third kappa shape index (κ3) is 3.37. The van der Waals surface area contributed by atoms with Crippen molar-refractivity contribution in [1.82, 2.24) is 14.5 Å². The predicted octanol–water partition coefficient (Wildman–Crippen LogP) is 2.07. The minimum atomic E-state index is -0.777. The molecule has 0 fully saturated rings. The van der Waals surface area contributed by atoms with Crippen LogP contribution in [0.15, 0.2) is 49.2 Å². The van der Waals surface area contributed by atoms with Gasteiger partial charge in [0.1, 0.15) is 18.0 Å². The van der Waals surface area contributed by atoms with E-state index in [2.05, 4.69) is 15.3 Å². The number of rotatable bonds is 4. The monoisotopic (exact) mass is 339 g/mol. The average Bonchev–Trinajstić information content (AvgIpc) is 3.13. The zero-order valence-electron chi connectivity index (χ0n) is 13.2. The normalized spacial score (nSPS) is 10.5. The smallest absolute Gasteiger partial charge is 0.257 e. The minimum absolute atomic E-state index is 0.0213. The molecule has 126 valence electrons. The summed E-state index contributed by atoms with van der Waals surface area (Å²) in [5.74, 6) is -1.28. The molecule has 3 N–H and O–H groups in total. The van der Waals surface area contributed by atoms with E-state index in [1.807, 2.05) is 0 Å². The molecule has 0 atom stereocenters. The molecular weight excluding hydrogens is 325 g/mol. The zero-order chi connectivity index (χ0) is 18.0. The van der Waals surface area contributed by atoms with Crippen LogP contribution in [0.4, 0.5) is 10.1 Å². The minimum Gasteiger partial charge on any atom is -0.366 e. The molecule has 2 aromatic heterocycles. The number of carbonyl (C=O) groups is 2. The van der Waals surface area contributed by atoms with Crippen LogP contribution in [0.2, 0.25) is 0 Å². The lowest BCUT2D eigenvalue weighted by molar-refractivity contribution is 0.0995. The molecule has 2 heterocycles. The van der Waals surface area contributed by atoms with Gasteiger partial charge in [-0.25, -0.2) is 14.4 Å². The van der Waals surface area contributed by atoms with Gasteiger partial charge in [0.25, 0.3) is 5.91 Å². The SMILES string of the molecule is Cc1c(F)cc(C(N)=O)cc1NC(=O)c1ccc(-n2ccnc2)nc1. The van der Waals surface area contributed by atoms with Crippen molar-refractivity contribution >= 4 is 17.5 Å². The van der Waals surface area contributed by atoms with Crippen molar-refractivity contribution in [1.29, 1.82) is 0 Å². The molecule has 0 saturated heterocycles. The molecule has 2 amide bonds. The molecule has 1 aromatic carbocycles. The van der Waals surface area contributed by atoms with E-state index in [-0.39, 0.29) is 22.4 Å². The van der Waals surface area contributed by atoms with Crippen LogP contribution in [-0.4, -0.2) is 26.3 Å². The van der Waals surface area contributed by atoms with Gasteiger partial charge in [0.15, 0.2) is 0 Å². The van der Waals surface area contributed by atoms with E-state index in [0.29, 0.717) is 5.82 Å². The number of amides is 2. The van der Waals surface area contributed by atoms with E-state index in [1.54, 1.807) is 35.4 Å². The second-order valence-corrected chi connectivity index (χ2v) is 5.32. The zero-order valence-corrected chi connectivity index (χ0v) is 13.2. The third-order valence-corrected chi connectivity index (χ3v) is 3.66. The number of imidazole rings is 1. The van der Waals surface area contributed by atoms with Crippen LogP contribution < -0.4 is 11.1 Å². The van der Waals surface area contributed by atoms with Gasteiger partial charge >= 0.3 is 0 Å². The van der Waals surface area contributed by atoms with Crippen LogP contribution in [0.3, 0.4) is 0 Å². The van der Waals surface area contributed by atoms with Crippen LogP contribution in [0.25, 0.3) is 5.82 Å². The topological polar surface area (TPSA) is 103 Å². The number of pyridine rings is 1. The molecule has 0 aliphatic rings. The molecule has 0 spiro atoms. The molecule has 0 radical (unpaired) electrons. The summed E-state index contributed by atoms with van der Waals surface area (Å²) in [7, 11) is 0. The summed E-state index contributed by atoms with van der Waals surface area (Å²) in [6.07, 6.45) is 6.33. The summed E-state index contributed by atoms with van der Waals surface area (Å²) >= 11 is 0. The van der Waals surface area contributed by atoms with Gasteiger partial charge in [-0.3, -0.25) is 14.2 Å². The van der Waals surface area contributed by atoms with Gasteiger partial charge < -0.3 is 11.1 Å². The third-order valence-electron chi connectivity index (χ3n) is 3.66. The summed E-state index contributed by atoms with van der Waals surface area (Å²) < 4.78 is 15.6. The number of nitrogens with two attached hydrogens (primary N) is 1. The van der Waals surface area contributed by atoms with Gasteiger partial charge in [-0.1, -0.05) is 0 Å². The number of benzene rings is 1. The van der Waals surface area contributed by atoms with Gasteiger partial charge in [0.05, 0.1) is 5.56 Å². The van der Waals surface area contributed by atoms with Crippen molar-refractivity contribution in [2.45, 2.75) is 6.92 Å². The van der Waals surface area contributed by atoms with Gasteiger partial charge in [-0.15, -0.1) is 0 Å². The summed E-state index contributed by atoms with van der Waals surface area (Å²) in [6.45, 7) is 1.50. The number of anilines is 1. The van der Waals surface area contributed by atoms with Crippen LogP contribution in [0.5, 0.6) is 0 Å². The van der Waals surface area contributed by atoms with Gasteiger partial charge in [-0.05, 0) is 31.2 Å². The number of aromatic nitrogens is 3. The van der Waals surface area contributed by atoms with Gasteiger partial charge in [0.2, 0.25) is 5.91 Å². The Hall–Kier alpha value is -3.55. The Kier molecular flexibility index (Phi) is 4.25. The number of primary amides is 1. The molecule has 25 heavy (non-hydrogen) atoms. The summed E-state index contributed by atoms with van der Waals surface area (Å²) in [4.78, 5) is 31.7. The standard InChI is InChI=1S/C17H14FN5O2/c1-10-13(18)6-12(16(19)24)7-14(10)22-17(25)11-2-3-15(21-8-11)23-5-4-20-9-23/h2-9H,1H3,(H2,19,24)(H,22,25). The van der Waals surface area contributed by atoms with Crippen LogP contribution >= 0.6 is 0 Å². The highest BCUT2D eigenvalue weighted by Crippen LogP contribution is 2.21. The lowest BCUT2D eigenvalue weighted by Gasteiger charge is -2.11.